The van der Waals surface area contributed by atoms with E-state index in [4.69, 9.17) is 0 Å². The number of hydrogen-bond donors (Lipinski definition) is 0. The number of sulfonamides is 1. The average Bonchev–Trinajstić information content (AvgIpc) is 2.62. The van der Waals surface area contributed by atoms with Gasteiger partial charge in [0.15, 0.2) is 0 Å². The normalized spacial score (nSPS) is 23.6. The van der Waals surface area contributed by atoms with Crippen LogP contribution in [0.15, 0.2) is 33.6 Å². The van der Waals surface area contributed by atoms with Crippen molar-refractivity contribution in [2.24, 2.45) is 5.92 Å². The van der Waals surface area contributed by atoms with E-state index in [0.717, 1.165) is 43.2 Å². The van der Waals surface area contributed by atoms with Crippen LogP contribution in [0.2, 0.25) is 0 Å². The molecule has 3 rings (SSSR count). The summed E-state index contributed by atoms with van der Waals surface area (Å²) in [4.78, 5) is 15.1. The highest BCUT2D eigenvalue weighted by Gasteiger charge is 2.39. The first kappa shape index (κ1) is 18.9. The van der Waals surface area contributed by atoms with Gasteiger partial charge < -0.3 is 4.90 Å². The Bertz CT molecular complexity index is 712. The Labute approximate surface area is 158 Å². The molecule has 0 bridgehead atoms. The predicted octanol–water partition coefficient (Wildman–Crippen LogP) is 3.25. The second-order valence-corrected chi connectivity index (χ2v) is 9.90. The number of carbonyl (C=O) groups excluding carboxylic acids is 1. The number of halogens is 1. The summed E-state index contributed by atoms with van der Waals surface area (Å²) >= 11 is 3.33. The zero-order valence-corrected chi connectivity index (χ0v) is 16.9. The summed E-state index contributed by atoms with van der Waals surface area (Å²) in [6.07, 6.45) is 4.31. The van der Waals surface area contributed by atoms with Crippen molar-refractivity contribution in [2.75, 3.05) is 19.6 Å². The Morgan fingerprint density at radius 1 is 1.04 bits per heavy atom. The Morgan fingerprint density at radius 3 is 2.32 bits per heavy atom. The first-order chi connectivity index (χ1) is 11.9. The standard InChI is InChI=1S/C18H25BrN2O3S/c1-14-9-12-20(13-10-14)18(22)17-4-2-3-11-21(17)25(23,24)16-7-5-15(19)6-8-16/h5-8,14,17H,2-4,9-13H2,1H3. The number of rotatable bonds is 3. The molecule has 0 spiro atoms. The van der Waals surface area contributed by atoms with Gasteiger partial charge in [-0.25, -0.2) is 8.42 Å². The topological polar surface area (TPSA) is 57.7 Å². The lowest BCUT2D eigenvalue weighted by atomic mass is 9.97. The number of carbonyl (C=O) groups is 1. The van der Waals surface area contributed by atoms with Crippen molar-refractivity contribution < 1.29 is 13.2 Å². The molecule has 25 heavy (non-hydrogen) atoms. The third-order valence-corrected chi connectivity index (χ3v) is 7.71. The molecule has 1 unspecified atom stereocenters. The van der Waals surface area contributed by atoms with Crippen LogP contribution < -0.4 is 0 Å². The molecule has 7 heteroatoms. The smallest absolute Gasteiger partial charge is 0.243 e. The molecule has 1 aromatic rings. The van der Waals surface area contributed by atoms with Crippen molar-refractivity contribution in [1.82, 2.24) is 9.21 Å². The maximum absolute atomic E-state index is 13.1. The number of hydrogen-bond acceptors (Lipinski definition) is 3. The van der Waals surface area contributed by atoms with E-state index < -0.39 is 16.1 Å². The van der Waals surface area contributed by atoms with Crippen LogP contribution in [0.4, 0.5) is 0 Å². The number of piperidine rings is 2. The van der Waals surface area contributed by atoms with E-state index in [-0.39, 0.29) is 10.8 Å². The van der Waals surface area contributed by atoms with Crippen LogP contribution in [0.5, 0.6) is 0 Å². The molecule has 2 heterocycles. The summed E-state index contributed by atoms with van der Waals surface area (Å²) in [5, 5.41) is 0. The molecule has 5 nitrogen and oxygen atoms in total. The van der Waals surface area contributed by atoms with Crippen LogP contribution in [0, 0.1) is 5.92 Å². The van der Waals surface area contributed by atoms with Crippen LogP contribution in [0.3, 0.4) is 0 Å². The Morgan fingerprint density at radius 2 is 1.68 bits per heavy atom. The van der Waals surface area contributed by atoms with Gasteiger partial charge in [0.1, 0.15) is 6.04 Å². The van der Waals surface area contributed by atoms with Gasteiger partial charge >= 0.3 is 0 Å². The fourth-order valence-electron chi connectivity index (χ4n) is 3.62. The molecule has 2 aliphatic rings. The molecule has 1 atom stereocenters. The predicted molar refractivity (Wildman–Crippen MR) is 101 cm³/mol. The first-order valence-corrected chi connectivity index (χ1v) is 11.2. The van der Waals surface area contributed by atoms with Crippen LogP contribution in [0.25, 0.3) is 0 Å². The number of benzene rings is 1. The van der Waals surface area contributed by atoms with Crippen molar-refractivity contribution in [3.05, 3.63) is 28.7 Å². The molecule has 0 aliphatic carbocycles. The highest BCUT2D eigenvalue weighted by Crippen LogP contribution is 2.28. The van der Waals surface area contributed by atoms with Gasteiger partial charge in [0.05, 0.1) is 4.90 Å². The van der Waals surface area contributed by atoms with Gasteiger partial charge in [0, 0.05) is 24.1 Å². The summed E-state index contributed by atoms with van der Waals surface area (Å²) in [5.74, 6) is 0.616. The van der Waals surface area contributed by atoms with Crippen LogP contribution in [-0.4, -0.2) is 49.2 Å². The van der Waals surface area contributed by atoms with Gasteiger partial charge in [-0.15, -0.1) is 0 Å². The molecule has 138 valence electrons. The molecular formula is C18H25BrN2O3S. The van der Waals surface area contributed by atoms with E-state index >= 15 is 0 Å². The summed E-state index contributed by atoms with van der Waals surface area (Å²) in [6.45, 7) is 4.09. The zero-order chi connectivity index (χ0) is 18.0. The summed E-state index contributed by atoms with van der Waals surface area (Å²) in [5.41, 5.74) is 0. The van der Waals surface area contributed by atoms with E-state index in [9.17, 15) is 13.2 Å². The third-order valence-electron chi connectivity index (χ3n) is 5.25. The average molecular weight is 429 g/mol. The van der Waals surface area contributed by atoms with Gasteiger partial charge in [-0.1, -0.05) is 29.3 Å². The lowest BCUT2D eigenvalue weighted by Crippen LogP contribution is -2.54. The lowest BCUT2D eigenvalue weighted by molar-refractivity contribution is -0.137. The minimum Gasteiger partial charge on any atom is -0.341 e. The van der Waals surface area contributed by atoms with Crippen LogP contribution in [0.1, 0.15) is 39.0 Å². The van der Waals surface area contributed by atoms with Crippen molar-refractivity contribution in [3.63, 3.8) is 0 Å². The van der Waals surface area contributed by atoms with E-state index in [2.05, 4.69) is 22.9 Å². The minimum atomic E-state index is -3.66. The molecule has 2 saturated heterocycles. The van der Waals surface area contributed by atoms with Gasteiger partial charge in [0.25, 0.3) is 0 Å². The zero-order valence-electron chi connectivity index (χ0n) is 14.5. The maximum atomic E-state index is 13.1. The van der Waals surface area contributed by atoms with E-state index in [1.807, 2.05) is 4.90 Å². The van der Waals surface area contributed by atoms with Crippen molar-refractivity contribution in [2.45, 2.75) is 50.0 Å². The monoisotopic (exact) mass is 428 g/mol. The molecule has 1 amide bonds. The Balaban J connectivity index is 1.83. The largest absolute Gasteiger partial charge is 0.341 e. The second kappa shape index (κ2) is 7.76. The molecule has 1 aromatic carbocycles. The SMILES string of the molecule is CC1CCN(C(=O)C2CCCCN2S(=O)(=O)c2ccc(Br)cc2)CC1. The Hall–Kier alpha value is -0.920. The molecule has 0 radical (unpaired) electrons. The summed E-state index contributed by atoms with van der Waals surface area (Å²) in [7, 11) is -3.66. The fourth-order valence-corrected chi connectivity index (χ4v) is 5.54. The number of nitrogens with zero attached hydrogens (tertiary/aromatic N) is 2. The molecule has 0 aromatic heterocycles. The Kier molecular flexibility index (Phi) is 5.85. The van der Waals surface area contributed by atoms with Gasteiger partial charge in [-0.05, 0) is 55.9 Å². The first-order valence-electron chi connectivity index (χ1n) is 8.96. The summed E-state index contributed by atoms with van der Waals surface area (Å²) < 4.78 is 28.4. The van der Waals surface area contributed by atoms with E-state index in [0.29, 0.717) is 18.9 Å². The summed E-state index contributed by atoms with van der Waals surface area (Å²) in [6, 6.07) is 6.08. The second-order valence-electron chi connectivity index (χ2n) is 7.09. The van der Waals surface area contributed by atoms with E-state index in [1.54, 1.807) is 24.3 Å². The van der Waals surface area contributed by atoms with Crippen molar-refractivity contribution in [3.8, 4) is 0 Å². The van der Waals surface area contributed by atoms with E-state index in [1.165, 1.54) is 4.31 Å². The highest BCUT2D eigenvalue weighted by molar-refractivity contribution is 9.10. The van der Waals surface area contributed by atoms with Gasteiger partial charge in [0.2, 0.25) is 15.9 Å². The fraction of sp³-hybridized carbons (Fsp3) is 0.611. The minimum absolute atomic E-state index is 0.0210. The van der Waals surface area contributed by atoms with Crippen LogP contribution >= 0.6 is 15.9 Å². The quantitative estimate of drug-likeness (QED) is 0.741. The molecule has 0 saturated carbocycles. The van der Waals surface area contributed by atoms with Crippen molar-refractivity contribution >= 4 is 31.9 Å². The van der Waals surface area contributed by atoms with Gasteiger partial charge in [-0.3, -0.25) is 4.79 Å². The van der Waals surface area contributed by atoms with Gasteiger partial charge in [-0.2, -0.15) is 4.31 Å². The lowest BCUT2D eigenvalue weighted by Gasteiger charge is -2.38. The third kappa shape index (κ3) is 4.09. The molecule has 0 N–H and O–H groups in total. The maximum Gasteiger partial charge on any atom is 0.243 e. The molecule has 2 aliphatic heterocycles. The van der Waals surface area contributed by atoms with Crippen LogP contribution in [-0.2, 0) is 14.8 Å². The number of likely N-dealkylation sites (tertiary alicyclic amines) is 1. The van der Waals surface area contributed by atoms with Crippen molar-refractivity contribution in [1.29, 1.82) is 0 Å². The molecular weight excluding hydrogens is 404 g/mol. The number of amides is 1. The highest BCUT2D eigenvalue weighted by atomic mass is 79.9. The molecule has 2 fully saturated rings.